The van der Waals surface area contributed by atoms with Crippen molar-refractivity contribution in [3.63, 3.8) is 0 Å². The number of aromatic hydroxyl groups is 1. The Hall–Kier alpha value is -3.28. The minimum atomic E-state index is -0.629. The van der Waals surface area contributed by atoms with Crippen LogP contribution in [-0.2, 0) is 20.7 Å². The number of hydrogen-bond donors (Lipinski definition) is 2. The Kier molecular flexibility index (Phi) is 7.43. The summed E-state index contributed by atoms with van der Waals surface area (Å²) in [5.41, 5.74) is 3.00. The van der Waals surface area contributed by atoms with Gasteiger partial charge in [0.2, 0.25) is 0 Å². The first-order valence-electron chi connectivity index (χ1n) is 8.52. The molecule has 0 atom stereocenters. The molecule has 27 heavy (non-hydrogen) atoms. The maximum Gasteiger partial charge on any atom is 0.331 e. The Balaban J connectivity index is 1.73. The van der Waals surface area contributed by atoms with Crippen molar-refractivity contribution in [1.82, 2.24) is 5.32 Å². The van der Waals surface area contributed by atoms with Gasteiger partial charge in [-0.15, -0.1) is 0 Å². The van der Waals surface area contributed by atoms with Crippen LogP contribution in [0.2, 0.25) is 0 Å². The third-order valence-electron chi connectivity index (χ3n) is 3.94. The monoisotopic (exact) mass is 369 g/mol. The predicted octanol–water partition coefficient (Wildman–Crippen LogP) is 2.62. The first-order chi connectivity index (χ1) is 13.0. The fourth-order valence-electron chi connectivity index (χ4n) is 2.43. The lowest BCUT2D eigenvalue weighted by atomic mass is 10.1. The third kappa shape index (κ3) is 6.51. The zero-order valence-electron chi connectivity index (χ0n) is 15.4. The number of benzene rings is 2. The fourth-order valence-corrected chi connectivity index (χ4v) is 2.43. The molecule has 0 fully saturated rings. The van der Waals surface area contributed by atoms with Crippen LogP contribution in [-0.4, -0.2) is 37.2 Å². The second-order valence-corrected chi connectivity index (χ2v) is 5.90. The molecule has 6 nitrogen and oxygen atoms in total. The van der Waals surface area contributed by atoms with E-state index in [1.165, 1.54) is 36.5 Å². The van der Waals surface area contributed by atoms with E-state index in [9.17, 15) is 14.7 Å². The Morgan fingerprint density at radius 3 is 2.70 bits per heavy atom. The van der Waals surface area contributed by atoms with Crippen molar-refractivity contribution in [3.8, 4) is 11.5 Å². The third-order valence-corrected chi connectivity index (χ3v) is 3.94. The molecule has 0 saturated heterocycles. The first-order valence-corrected chi connectivity index (χ1v) is 8.52. The molecule has 0 bridgehead atoms. The summed E-state index contributed by atoms with van der Waals surface area (Å²) in [6.45, 7) is 2.16. The lowest BCUT2D eigenvalue weighted by Gasteiger charge is -2.07. The van der Waals surface area contributed by atoms with E-state index in [1.807, 2.05) is 31.2 Å². The molecule has 0 radical (unpaired) electrons. The van der Waals surface area contributed by atoms with Crippen LogP contribution in [0.25, 0.3) is 6.08 Å². The van der Waals surface area contributed by atoms with Crippen LogP contribution < -0.4 is 10.1 Å². The van der Waals surface area contributed by atoms with Crippen molar-refractivity contribution in [2.75, 3.05) is 20.3 Å². The number of carbonyl (C=O) groups is 2. The Morgan fingerprint density at radius 2 is 1.96 bits per heavy atom. The fraction of sp³-hybridized carbons (Fsp3) is 0.238. The second-order valence-electron chi connectivity index (χ2n) is 5.90. The van der Waals surface area contributed by atoms with Gasteiger partial charge >= 0.3 is 5.97 Å². The van der Waals surface area contributed by atoms with Crippen molar-refractivity contribution in [3.05, 3.63) is 65.2 Å². The minimum Gasteiger partial charge on any atom is -0.504 e. The highest BCUT2D eigenvalue weighted by atomic mass is 16.5. The molecule has 0 spiro atoms. The Bertz CT molecular complexity index is 829. The smallest absolute Gasteiger partial charge is 0.331 e. The van der Waals surface area contributed by atoms with Crippen LogP contribution >= 0.6 is 0 Å². The number of methoxy groups -OCH3 is 1. The van der Waals surface area contributed by atoms with Gasteiger partial charge in [0.25, 0.3) is 5.91 Å². The molecule has 142 valence electrons. The quantitative estimate of drug-likeness (QED) is 0.552. The van der Waals surface area contributed by atoms with Crippen LogP contribution in [0.5, 0.6) is 11.5 Å². The largest absolute Gasteiger partial charge is 0.504 e. The molecule has 0 aliphatic rings. The highest BCUT2D eigenvalue weighted by Crippen LogP contribution is 2.26. The number of phenolic OH excluding ortho intramolecular Hbond substituents is 1. The number of amides is 1. The van der Waals surface area contributed by atoms with Crippen molar-refractivity contribution in [2.24, 2.45) is 0 Å². The zero-order chi connectivity index (χ0) is 19.6. The van der Waals surface area contributed by atoms with Crippen LogP contribution in [0, 0.1) is 6.92 Å². The molecule has 1 amide bonds. The van der Waals surface area contributed by atoms with E-state index in [0.717, 1.165) is 6.42 Å². The average molecular weight is 369 g/mol. The van der Waals surface area contributed by atoms with Gasteiger partial charge in [-0.25, -0.2) is 4.79 Å². The summed E-state index contributed by atoms with van der Waals surface area (Å²) in [6, 6.07) is 12.6. The summed E-state index contributed by atoms with van der Waals surface area (Å²) in [4.78, 5) is 23.5. The number of rotatable bonds is 8. The van der Waals surface area contributed by atoms with Crippen molar-refractivity contribution in [2.45, 2.75) is 13.3 Å². The number of ether oxygens (including phenoxy) is 2. The summed E-state index contributed by atoms with van der Waals surface area (Å²) >= 11 is 0. The van der Waals surface area contributed by atoms with Gasteiger partial charge in [0.15, 0.2) is 18.1 Å². The van der Waals surface area contributed by atoms with E-state index in [2.05, 4.69) is 5.32 Å². The maximum atomic E-state index is 11.8. The molecular formula is C21H23NO5. The number of phenols is 1. The number of nitrogens with one attached hydrogen (secondary N) is 1. The maximum absolute atomic E-state index is 11.8. The normalized spacial score (nSPS) is 10.6. The van der Waals surface area contributed by atoms with Gasteiger partial charge in [0.05, 0.1) is 7.11 Å². The van der Waals surface area contributed by atoms with E-state index in [4.69, 9.17) is 9.47 Å². The molecule has 0 aliphatic carbocycles. The Labute approximate surface area is 158 Å². The molecule has 0 heterocycles. The Morgan fingerprint density at radius 1 is 1.19 bits per heavy atom. The average Bonchev–Trinajstić information content (AvgIpc) is 2.67. The van der Waals surface area contributed by atoms with Crippen LogP contribution in [0.1, 0.15) is 16.7 Å². The van der Waals surface area contributed by atoms with Gasteiger partial charge in [0, 0.05) is 12.6 Å². The highest BCUT2D eigenvalue weighted by molar-refractivity contribution is 5.89. The molecule has 0 aromatic heterocycles. The van der Waals surface area contributed by atoms with Crippen LogP contribution in [0.3, 0.4) is 0 Å². The van der Waals surface area contributed by atoms with Crippen LogP contribution in [0.15, 0.2) is 48.5 Å². The van der Waals surface area contributed by atoms with E-state index in [-0.39, 0.29) is 18.3 Å². The van der Waals surface area contributed by atoms with Gasteiger partial charge in [-0.2, -0.15) is 0 Å². The molecular weight excluding hydrogens is 346 g/mol. The summed E-state index contributed by atoms with van der Waals surface area (Å²) in [6.07, 6.45) is 3.45. The summed E-state index contributed by atoms with van der Waals surface area (Å²) in [5, 5.41) is 12.3. The molecule has 2 aromatic carbocycles. The first kappa shape index (κ1) is 20.0. The SMILES string of the molecule is COc1cc(/C=C/C(=O)OCC(=O)NCCc2ccccc2C)ccc1O. The van der Waals surface area contributed by atoms with E-state index in [0.29, 0.717) is 17.9 Å². The standard InChI is InChI=1S/C21H23NO5/c1-15-5-3-4-6-17(15)11-12-22-20(24)14-27-21(25)10-8-16-7-9-18(23)19(13-16)26-2/h3-10,13,23H,11-12,14H2,1-2H3,(H,22,24)/b10-8+. The summed E-state index contributed by atoms with van der Waals surface area (Å²) < 4.78 is 9.91. The number of esters is 1. The molecule has 0 aliphatic heterocycles. The van der Waals surface area contributed by atoms with Gasteiger partial charge < -0.3 is 19.9 Å². The van der Waals surface area contributed by atoms with Crippen molar-refractivity contribution < 1.29 is 24.2 Å². The van der Waals surface area contributed by atoms with Crippen molar-refractivity contribution >= 4 is 18.0 Å². The lowest BCUT2D eigenvalue weighted by Crippen LogP contribution is -2.30. The summed E-state index contributed by atoms with van der Waals surface area (Å²) in [5.74, 6) is -0.661. The highest BCUT2D eigenvalue weighted by Gasteiger charge is 2.06. The van der Waals surface area contributed by atoms with Gasteiger partial charge in [-0.1, -0.05) is 30.3 Å². The number of aryl methyl sites for hydroxylation is 1. The molecule has 2 N–H and O–H groups in total. The lowest BCUT2D eigenvalue weighted by molar-refractivity contribution is -0.143. The van der Waals surface area contributed by atoms with E-state index < -0.39 is 5.97 Å². The molecule has 0 unspecified atom stereocenters. The number of hydrogen-bond acceptors (Lipinski definition) is 5. The van der Waals surface area contributed by atoms with E-state index >= 15 is 0 Å². The summed E-state index contributed by atoms with van der Waals surface area (Å²) in [7, 11) is 1.44. The molecule has 0 saturated carbocycles. The van der Waals surface area contributed by atoms with E-state index in [1.54, 1.807) is 12.1 Å². The van der Waals surface area contributed by atoms with Crippen LogP contribution in [0.4, 0.5) is 0 Å². The molecule has 2 aromatic rings. The number of carbonyl (C=O) groups excluding carboxylic acids is 2. The van der Waals surface area contributed by atoms with Gasteiger partial charge in [-0.3, -0.25) is 4.79 Å². The zero-order valence-corrected chi connectivity index (χ0v) is 15.4. The molecule has 2 rings (SSSR count). The minimum absolute atomic E-state index is 0.0135. The topological polar surface area (TPSA) is 84.9 Å². The van der Waals surface area contributed by atoms with Gasteiger partial charge in [-0.05, 0) is 48.2 Å². The van der Waals surface area contributed by atoms with Gasteiger partial charge in [0.1, 0.15) is 0 Å². The predicted molar refractivity (Wildman–Crippen MR) is 103 cm³/mol. The second kappa shape index (κ2) is 10.0. The molecule has 6 heteroatoms. The van der Waals surface area contributed by atoms with Crippen molar-refractivity contribution in [1.29, 1.82) is 0 Å².